The highest BCUT2D eigenvalue weighted by Gasteiger charge is 2.20. The normalized spacial score (nSPS) is 14.1. The van der Waals surface area contributed by atoms with Gasteiger partial charge >= 0.3 is 0 Å². The number of anilines is 1. The molecule has 0 unspecified atom stereocenters. The molecule has 1 saturated heterocycles. The van der Waals surface area contributed by atoms with Gasteiger partial charge in [0, 0.05) is 26.2 Å². The summed E-state index contributed by atoms with van der Waals surface area (Å²) in [5, 5.41) is 20.0. The van der Waals surface area contributed by atoms with Crippen molar-refractivity contribution in [1.82, 2.24) is 4.90 Å². The summed E-state index contributed by atoms with van der Waals surface area (Å²) in [7, 11) is 3.10. The fourth-order valence-electron chi connectivity index (χ4n) is 4.04. The van der Waals surface area contributed by atoms with E-state index >= 15 is 0 Å². The van der Waals surface area contributed by atoms with Crippen LogP contribution in [0.5, 0.6) is 17.2 Å². The minimum absolute atomic E-state index is 0.163. The highest BCUT2D eigenvalue weighted by atomic mass is 35.5. The van der Waals surface area contributed by atoms with Gasteiger partial charge in [-0.2, -0.15) is 5.26 Å². The third kappa shape index (κ3) is 5.48. The van der Waals surface area contributed by atoms with Crippen molar-refractivity contribution in [3.63, 3.8) is 0 Å². The summed E-state index contributed by atoms with van der Waals surface area (Å²) in [4.78, 5) is 4.63. The molecule has 1 heterocycles. The first-order valence-corrected chi connectivity index (χ1v) is 11.1. The Morgan fingerprint density at radius 3 is 2.56 bits per heavy atom. The number of ether oxygens (including phenoxy) is 2. The molecule has 7 heteroatoms. The molecule has 32 heavy (non-hydrogen) atoms. The fraction of sp³-hybridized carbons (Fsp3) is 0.400. The molecule has 0 aliphatic carbocycles. The third-order valence-electron chi connectivity index (χ3n) is 5.89. The fourth-order valence-corrected chi connectivity index (χ4v) is 4.21. The van der Waals surface area contributed by atoms with Crippen molar-refractivity contribution in [3.05, 3.63) is 53.1 Å². The lowest BCUT2D eigenvalue weighted by Gasteiger charge is -2.36. The van der Waals surface area contributed by atoms with Crippen LogP contribution in [0.3, 0.4) is 0 Å². The smallest absolute Gasteiger partial charge is 0.178 e. The molecule has 0 amide bonds. The van der Waals surface area contributed by atoms with E-state index in [9.17, 15) is 10.4 Å². The average Bonchev–Trinajstić information content (AvgIpc) is 2.82. The molecule has 0 aromatic heterocycles. The van der Waals surface area contributed by atoms with Gasteiger partial charge in [0.2, 0.25) is 0 Å². The number of methoxy groups -OCH3 is 2. The number of unbranched alkanes of at least 4 members (excludes halogenated alkanes) is 1. The lowest BCUT2D eigenvalue weighted by Crippen LogP contribution is -2.46. The second kappa shape index (κ2) is 11.1. The molecule has 0 spiro atoms. The number of benzene rings is 2. The summed E-state index contributed by atoms with van der Waals surface area (Å²) in [6, 6.07) is 11.3. The predicted molar refractivity (Wildman–Crippen MR) is 129 cm³/mol. The molecule has 2 aromatic carbocycles. The Labute approximate surface area is 195 Å². The molecule has 6 nitrogen and oxygen atoms in total. The number of phenolic OH excluding ortho intramolecular Hbond substituents is 1. The van der Waals surface area contributed by atoms with Crippen molar-refractivity contribution in [2.24, 2.45) is 0 Å². The molecular formula is C25H30ClN3O3. The van der Waals surface area contributed by atoms with Crippen molar-refractivity contribution in [2.45, 2.75) is 19.3 Å². The molecule has 1 fully saturated rings. The molecule has 170 valence electrons. The van der Waals surface area contributed by atoms with Crippen LogP contribution in [0, 0.1) is 11.3 Å². The summed E-state index contributed by atoms with van der Waals surface area (Å²) in [6.45, 7) is 8.87. The standard InChI is InChI=1S/C25H30ClN3O3/c1-18(19-15-20(17-27)25(32-3)23(16-19)31-2)7-4-5-10-28-11-13-29(14-12-28)22-9-6-8-21(26)24(22)30/h6,8-9,15-16,30H,1,4-5,7,10-14H2,2-3H3. The van der Waals surface area contributed by atoms with E-state index in [4.69, 9.17) is 21.1 Å². The van der Waals surface area contributed by atoms with E-state index in [1.54, 1.807) is 13.2 Å². The Bertz CT molecular complexity index is 995. The van der Waals surface area contributed by atoms with E-state index in [2.05, 4.69) is 22.4 Å². The number of aromatic hydroxyl groups is 1. The largest absolute Gasteiger partial charge is 0.504 e. The number of nitrogens with zero attached hydrogens (tertiary/aromatic N) is 3. The first kappa shape index (κ1) is 23.8. The van der Waals surface area contributed by atoms with Gasteiger partial charge in [0.25, 0.3) is 0 Å². The van der Waals surface area contributed by atoms with E-state index in [1.165, 1.54) is 7.11 Å². The van der Waals surface area contributed by atoms with Crippen molar-refractivity contribution in [1.29, 1.82) is 5.26 Å². The number of nitriles is 1. The molecule has 2 aromatic rings. The zero-order chi connectivity index (χ0) is 23.1. The van der Waals surface area contributed by atoms with Gasteiger partial charge in [0.1, 0.15) is 6.07 Å². The number of allylic oxidation sites excluding steroid dienone is 1. The summed E-state index contributed by atoms with van der Waals surface area (Å²) in [6.07, 6.45) is 2.95. The summed E-state index contributed by atoms with van der Waals surface area (Å²) in [5.74, 6) is 1.17. The minimum atomic E-state index is 0.163. The van der Waals surface area contributed by atoms with E-state index in [1.807, 2.05) is 24.3 Å². The topological polar surface area (TPSA) is 69.0 Å². The van der Waals surface area contributed by atoms with E-state index < -0.39 is 0 Å². The number of hydrogen-bond donors (Lipinski definition) is 1. The Hall–Kier alpha value is -2.88. The Morgan fingerprint density at radius 1 is 1.16 bits per heavy atom. The zero-order valence-corrected chi connectivity index (χ0v) is 19.5. The third-order valence-corrected chi connectivity index (χ3v) is 6.19. The number of para-hydroxylation sites is 1. The average molecular weight is 456 g/mol. The quantitative estimate of drug-likeness (QED) is 0.540. The van der Waals surface area contributed by atoms with Gasteiger partial charge in [-0.05, 0) is 61.2 Å². The lowest BCUT2D eigenvalue weighted by atomic mass is 9.99. The van der Waals surface area contributed by atoms with Crippen molar-refractivity contribution in [3.8, 4) is 23.3 Å². The van der Waals surface area contributed by atoms with Gasteiger partial charge in [-0.25, -0.2) is 0 Å². The maximum absolute atomic E-state index is 10.2. The second-order valence-corrected chi connectivity index (χ2v) is 8.28. The van der Waals surface area contributed by atoms with E-state index in [-0.39, 0.29) is 5.75 Å². The van der Waals surface area contributed by atoms with Gasteiger partial charge in [-0.15, -0.1) is 0 Å². The molecular weight excluding hydrogens is 426 g/mol. The molecule has 3 rings (SSSR count). The van der Waals surface area contributed by atoms with Gasteiger partial charge in [0.05, 0.1) is 30.5 Å². The molecule has 0 atom stereocenters. The molecule has 1 N–H and O–H groups in total. The van der Waals surface area contributed by atoms with Crippen molar-refractivity contribution in [2.75, 3.05) is 51.8 Å². The molecule has 1 aliphatic rings. The van der Waals surface area contributed by atoms with E-state index in [0.717, 1.165) is 68.8 Å². The Morgan fingerprint density at radius 2 is 1.91 bits per heavy atom. The lowest BCUT2D eigenvalue weighted by molar-refractivity contribution is 0.253. The van der Waals surface area contributed by atoms with Gasteiger partial charge in [-0.3, -0.25) is 4.90 Å². The van der Waals surface area contributed by atoms with Crippen LogP contribution >= 0.6 is 11.6 Å². The van der Waals surface area contributed by atoms with Crippen LogP contribution in [-0.4, -0.2) is 56.9 Å². The van der Waals surface area contributed by atoms with Crippen LogP contribution in [-0.2, 0) is 0 Å². The summed E-state index contributed by atoms with van der Waals surface area (Å²) < 4.78 is 10.7. The van der Waals surface area contributed by atoms with Crippen LogP contribution < -0.4 is 14.4 Å². The highest BCUT2D eigenvalue weighted by molar-refractivity contribution is 6.32. The summed E-state index contributed by atoms with van der Waals surface area (Å²) in [5.41, 5.74) is 3.16. The zero-order valence-electron chi connectivity index (χ0n) is 18.7. The van der Waals surface area contributed by atoms with Crippen LogP contribution in [0.1, 0.15) is 30.4 Å². The monoisotopic (exact) mass is 455 g/mol. The Balaban J connectivity index is 1.46. The van der Waals surface area contributed by atoms with Crippen molar-refractivity contribution < 1.29 is 14.6 Å². The maximum atomic E-state index is 10.2. The first-order valence-electron chi connectivity index (χ1n) is 10.8. The number of rotatable bonds is 9. The van der Waals surface area contributed by atoms with E-state index in [0.29, 0.717) is 22.1 Å². The Kier molecular flexibility index (Phi) is 8.26. The molecule has 0 bridgehead atoms. The predicted octanol–water partition coefficient (Wildman–Crippen LogP) is 4.94. The van der Waals surface area contributed by atoms with Gasteiger partial charge < -0.3 is 19.5 Å². The molecule has 1 aliphatic heterocycles. The van der Waals surface area contributed by atoms with Crippen LogP contribution in [0.2, 0.25) is 5.02 Å². The number of halogens is 1. The van der Waals surface area contributed by atoms with Gasteiger partial charge in [-0.1, -0.05) is 24.2 Å². The molecule has 0 saturated carbocycles. The summed E-state index contributed by atoms with van der Waals surface area (Å²) >= 11 is 6.04. The van der Waals surface area contributed by atoms with Crippen LogP contribution in [0.4, 0.5) is 5.69 Å². The highest BCUT2D eigenvalue weighted by Crippen LogP contribution is 2.36. The second-order valence-electron chi connectivity index (χ2n) is 7.87. The van der Waals surface area contributed by atoms with Crippen LogP contribution in [0.25, 0.3) is 5.57 Å². The van der Waals surface area contributed by atoms with Crippen LogP contribution in [0.15, 0.2) is 36.9 Å². The van der Waals surface area contributed by atoms with Gasteiger partial charge in [0.15, 0.2) is 17.2 Å². The van der Waals surface area contributed by atoms with Crippen molar-refractivity contribution >= 4 is 22.9 Å². The molecule has 0 radical (unpaired) electrons. The first-order chi connectivity index (χ1) is 15.5. The number of hydrogen-bond acceptors (Lipinski definition) is 6. The maximum Gasteiger partial charge on any atom is 0.178 e. The minimum Gasteiger partial charge on any atom is -0.504 e. The number of phenols is 1. The number of piperazine rings is 1. The SMILES string of the molecule is C=C(CCCCN1CCN(c2cccc(Cl)c2O)CC1)c1cc(C#N)c(OC)c(OC)c1.